The summed E-state index contributed by atoms with van der Waals surface area (Å²) in [4.78, 5) is 30.4. The van der Waals surface area contributed by atoms with Gasteiger partial charge in [-0.15, -0.1) is 0 Å². The third-order valence-electron chi connectivity index (χ3n) is 3.41. The van der Waals surface area contributed by atoms with Crippen LogP contribution in [0.3, 0.4) is 0 Å². The van der Waals surface area contributed by atoms with Crippen LogP contribution in [0, 0.1) is 10.1 Å². The molecule has 0 atom stereocenters. The van der Waals surface area contributed by atoms with Crippen LogP contribution in [0.15, 0.2) is 55.0 Å². The molecular formula is C17H13N3O5. The van der Waals surface area contributed by atoms with Gasteiger partial charge in [-0.2, -0.15) is 0 Å². The van der Waals surface area contributed by atoms with Gasteiger partial charge in [-0.1, -0.05) is 6.07 Å². The van der Waals surface area contributed by atoms with E-state index in [1.165, 1.54) is 18.3 Å². The van der Waals surface area contributed by atoms with Gasteiger partial charge in [0.15, 0.2) is 0 Å². The zero-order valence-electron chi connectivity index (χ0n) is 13.0. The summed E-state index contributed by atoms with van der Waals surface area (Å²) in [5, 5.41) is 11.4. The smallest absolute Gasteiger partial charge is 0.313 e. The molecule has 0 amide bonds. The normalized spacial score (nSPS) is 10.4. The number of hydrogen-bond donors (Lipinski definition) is 0. The lowest BCUT2D eigenvalue weighted by molar-refractivity contribution is -0.383. The highest BCUT2D eigenvalue weighted by Gasteiger charge is 2.16. The zero-order valence-corrected chi connectivity index (χ0v) is 13.0. The summed E-state index contributed by atoms with van der Waals surface area (Å²) in [6.45, 7) is -0.317. The van der Waals surface area contributed by atoms with Crippen LogP contribution in [0.2, 0.25) is 0 Å². The van der Waals surface area contributed by atoms with Crippen molar-refractivity contribution >= 4 is 22.6 Å². The molecule has 0 saturated carbocycles. The van der Waals surface area contributed by atoms with Crippen LogP contribution in [0.25, 0.3) is 10.9 Å². The van der Waals surface area contributed by atoms with Crippen molar-refractivity contribution in [2.75, 3.05) is 6.79 Å². The average Bonchev–Trinajstić information content (AvgIpc) is 2.62. The first-order valence-corrected chi connectivity index (χ1v) is 7.34. The molecular weight excluding hydrogens is 326 g/mol. The van der Waals surface area contributed by atoms with Gasteiger partial charge < -0.3 is 9.47 Å². The van der Waals surface area contributed by atoms with E-state index in [0.29, 0.717) is 16.7 Å². The minimum atomic E-state index is -0.484. The van der Waals surface area contributed by atoms with Gasteiger partial charge in [0.2, 0.25) is 6.79 Å². The third-order valence-corrected chi connectivity index (χ3v) is 3.41. The summed E-state index contributed by atoms with van der Waals surface area (Å²) in [5.74, 6) is -0.164. The molecule has 3 aromatic rings. The van der Waals surface area contributed by atoms with Gasteiger partial charge in [0.25, 0.3) is 5.69 Å². The molecule has 0 N–H and O–H groups in total. The van der Waals surface area contributed by atoms with Gasteiger partial charge in [-0.3, -0.25) is 24.9 Å². The minimum Gasteiger partial charge on any atom is -0.455 e. The van der Waals surface area contributed by atoms with Gasteiger partial charge in [-0.05, 0) is 29.8 Å². The van der Waals surface area contributed by atoms with E-state index in [4.69, 9.17) is 9.47 Å². The lowest BCUT2D eigenvalue weighted by Gasteiger charge is -2.09. The fourth-order valence-corrected chi connectivity index (χ4v) is 2.29. The highest BCUT2D eigenvalue weighted by Crippen LogP contribution is 2.31. The third kappa shape index (κ3) is 3.86. The second-order valence-electron chi connectivity index (χ2n) is 5.06. The van der Waals surface area contributed by atoms with Crippen molar-refractivity contribution in [3.8, 4) is 5.75 Å². The van der Waals surface area contributed by atoms with Crippen LogP contribution in [0.4, 0.5) is 5.69 Å². The summed E-state index contributed by atoms with van der Waals surface area (Å²) in [6.07, 6.45) is 4.78. The number of pyridine rings is 2. The number of aromatic nitrogens is 2. The summed E-state index contributed by atoms with van der Waals surface area (Å²) in [6, 6.07) is 9.45. The number of rotatable bonds is 6. The molecule has 8 nitrogen and oxygen atoms in total. The number of benzene rings is 1. The zero-order chi connectivity index (χ0) is 17.6. The molecule has 0 fully saturated rings. The number of hydrogen-bond acceptors (Lipinski definition) is 7. The molecule has 0 aliphatic rings. The first-order valence-electron chi connectivity index (χ1n) is 7.34. The molecule has 0 spiro atoms. The Hall–Kier alpha value is -3.55. The highest BCUT2D eigenvalue weighted by atomic mass is 16.7. The van der Waals surface area contributed by atoms with Gasteiger partial charge in [-0.25, -0.2) is 0 Å². The van der Waals surface area contributed by atoms with Crippen molar-refractivity contribution in [3.63, 3.8) is 0 Å². The van der Waals surface area contributed by atoms with Crippen molar-refractivity contribution in [1.82, 2.24) is 9.97 Å². The van der Waals surface area contributed by atoms with E-state index in [9.17, 15) is 14.9 Å². The number of esters is 1. The Morgan fingerprint density at radius 3 is 2.76 bits per heavy atom. The van der Waals surface area contributed by atoms with Crippen molar-refractivity contribution in [2.45, 2.75) is 6.42 Å². The fraction of sp³-hybridized carbons (Fsp3) is 0.118. The molecule has 0 aliphatic heterocycles. The molecule has 25 heavy (non-hydrogen) atoms. The van der Waals surface area contributed by atoms with Crippen molar-refractivity contribution in [3.05, 3.63) is 70.7 Å². The second kappa shape index (κ2) is 7.35. The highest BCUT2D eigenvalue weighted by molar-refractivity contribution is 5.92. The molecule has 2 aromatic heterocycles. The van der Waals surface area contributed by atoms with E-state index in [1.54, 1.807) is 36.7 Å². The molecule has 0 radical (unpaired) electrons. The van der Waals surface area contributed by atoms with Gasteiger partial charge in [0, 0.05) is 24.7 Å². The molecule has 3 rings (SSSR count). The van der Waals surface area contributed by atoms with E-state index in [2.05, 4.69) is 9.97 Å². The maximum atomic E-state index is 11.8. The standard InChI is InChI=1S/C17H13N3O5/c21-16(9-12-3-1-7-18-10-12)25-11-24-15-6-5-14(20(22)23)13-4-2-8-19-17(13)15/h1-8,10H,9,11H2. The van der Waals surface area contributed by atoms with Crippen molar-refractivity contribution in [2.24, 2.45) is 0 Å². The lowest BCUT2D eigenvalue weighted by atomic mass is 10.1. The Labute approximate surface area is 142 Å². The maximum absolute atomic E-state index is 11.8. The van der Waals surface area contributed by atoms with Gasteiger partial charge in [0.1, 0.15) is 11.3 Å². The number of nitro benzene ring substituents is 1. The van der Waals surface area contributed by atoms with Crippen LogP contribution >= 0.6 is 0 Å². The first-order chi connectivity index (χ1) is 12.1. The number of fused-ring (bicyclic) bond motifs is 1. The molecule has 8 heteroatoms. The number of carbonyl (C=O) groups is 1. The van der Waals surface area contributed by atoms with Gasteiger partial charge in [0.05, 0.1) is 16.7 Å². The number of carbonyl (C=O) groups excluding carboxylic acids is 1. The first kappa shape index (κ1) is 16.3. The molecule has 0 bridgehead atoms. The Morgan fingerprint density at radius 2 is 2.00 bits per heavy atom. The Morgan fingerprint density at radius 1 is 1.16 bits per heavy atom. The number of ether oxygens (including phenoxy) is 2. The van der Waals surface area contributed by atoms with Crippen molar-refractivity contribution < 1.29 is 19.2 Å². The topological polar surface area (TPSA) is 104 Å². The number of nitrogens with zero attached hydrogens (tertiary/aromatic N) is 3. The van der Waals surface area contributed by atoms with Crippen molar-refractivity contribution in [1.29, 1.82) is 0 Å². The summed E-state index contributed by atoms with van der Waals surface area (Å²) in [7, 11) is 0. The predicted octanol–water partition coefficient (Wildman–Crippen LogP) is 2.66. The number of non-ortho nitro benzene ring substituents is 1. The quantitative estimate of drug-likeness (QED) is 0.294. The van der Waals surface area contributed by atoms with Crippen LogP contribution in [0.5, 0.6) is 5.75 Å². The SMILES string of the molecule is O=C(Cc1cccnc1)OCOc1ccc([N+](=O)[O-])c2cccnc12. The lowest BCUT2D eigenvalue weighted by Crippen LogP contribution is -2.13. The molecule has 0 saturated heterocycles. The van der Waals surface area contributed by atoms with Crippen LogP contribution in [0.1, 0.15) is 5.56 Å². The van der Waals surface area contributed by atoms with Crippen LogP contribution in [-0.4, -0.2) is 27.7 Å². The monoisotopic (exact) mass is 339 g/mol. The molecule has 2 heterocycles. The van der Waals surface area contributed by atoms with E-state index >= 15 is 0 Å². The van der Waals surface area contributed by atoms with Crippen LogP contribution < -0.4 is 4.74 Å². The Balaban J connectivity index is 1.67. The predicted molar refractivity (Wildman–Crippen MR) is 87.9 cm³/mol. The molecule has 1 aromatic carbocycles. The minimum absolute atomic E-state index is 0.0657. The van der Waals surface area contributed by atoms with E-state index in [0.717, 1.165) is 5.56 Å². The maximum Gasteiger partial charge on any atom is 0.313 e. The van der Waals surface area contributed by atoms with E-state index < -0.39 is 10.9 Å². The summed E-state index contributed by atoms with van der Waals surface area (Å²) >= 11 is 0. The largest absolute Gasteiger partial charge is 0.455 e. The second-order valence-corrected chi connectivity index (χ2v) is 5.06. The molecule has 126 valence electrons. The fourth-order valence-electron chi connectivity index (χ4n) is 2.29. The van der Waals surface area contributed by atoms with E-state index in [1.807, 2.05) is 0 Å². The van der Waals surface area contributed by atoms with Gasteiger partial charge >= 0.3 is 5.97 Å². The Bertz CT molecular complexity index is 915. The summed E-state index contributed by atoms with van der Waals surface area (Å²) in [5.41, 5.74) is 0.999. The summed E-state index contributed by atoms with van der Waals surface area (Å²) < 4.78 is 10.4. The number of nitro groups is 1. The van der Waals surface area contributed by atoms with E-state index in [-0.39, 0.29) is 18.9 Å². The Kier molecular flexibility index (Phi) is 4.79. The average molecular weight is 339 g/mol. The molecule has 0 unspecified atom stereocenters. The van der Waals surface area contributed by atoms with Crippen LogP contribution in [-0.2, 0) is 16.0 Å². The molecule has 0 aliphatic carbocycles.